The predicted octanol–water partition coefficient (Wildman–Crippen LogP) is 4.78. The van der Waals surface area contributed by atoms with Crippen LogP contribution in [0.15, 0.2) is 69.9 Å². The van der Waals surface area contributed by atoms with Crippen LogP contribution in [0.4, 0.5) is 0 Å². The molecule has 0 saturated carbocycles. The summed E-state index contributed by atoms with van der Waals surface area (Å²) in [5, 5.41) is 20.0. The number of hydrogen-bond donors (Lipinski definition) is 2. The lowest BCUT2D eigenvalue weighted by molar-refractivity contribution is -0.120. The van der Waals surface area contributed by atoms with Crippen molar-refractivity contribution in [3.05, 3.63) is 65.3 Å². The minimum atomic E-state index is -0.592. The molecule has 0 fully saturated rings. The Hall–Kier alpha value is -3.22. The number of aromatic nitrogens is 2. The fraction of sp³-hybridized carbons (Fsp3) is 0.462. The molecule has 7 heteroatoms. The standard InChI is InChI=1S/C26H32N6O/c1-7-26(18-10-8-9-16(11-18)17-13-28-32(15-17)24(2,3)4)19-14-27-31-22(19)29-20-12-25(5,6)30-23(33)21(20)26/h8-11,13-15,22,29H,7,12H2,1-6H3,(H,30,33)/t22?,26-/m1/s1. The molecular formula is C26H32N6O. The molecule has 4 heterocycles. The van der Waals surface area contributed by atoms with Crippen molar-refractivity contribution in [3.8, 4) is 11.1 Å². The number of carbonyl (C=O) groups is 1. The first-order valence-electron chi connectivity index (χ1n) is 11.6. The van der Waals surface area contributed by atoms with Crippen LogP contribution in [-0.2, 0) is 15.7 Å². The maximum Gasteiger partial charge on any atom is 0.250 e. The van der Waals surface area contributed by atoms with Crippen molar-refractivity contribution in [2.24, 2.45) is 10.2 Å². The highest BCUT2D eigenvalue weighted by Crippen LogP contribution is 2.51. The van der Waals surface area contributed by atoms with Gasteiger partial charge in [0.05, 0.1) is 28.9 Å². The minimum Gasteiger partial charge on any atom is -0.362 e. The van der Waals surface area contributed by atoms with Gasteiger partial charge in [-0.2, -0.15) is 15.3 Å². The van der Waals surface area contributed by atoms with Crippen molar-refractivity contribution >= 4 is 5.91 Å². The highest BCUT2D eigenvalue weighted by molar-refractivity contribution is 6.00. The molecule has 0 spiro atoms. The Morgan fingerprint density at radius 2 is 2.00 bits per heavy atom. The van der Waals surface area contributed by atoms with Crippen molar-refractivity contribution in [1.29, 1.82) is 0 Å². The summed E-state index contributed by atoms with van der Waals surface area (Å²) in [7, 11) is 0. The fourth-order valence-corrected chi connectivity index (χ4v) is 5.41. The summed E-state index contributed by atoms with van der Waals surface area (Å²) >= 11 is 0. The van der Waals surface area contributed by atoms with E-state index >= 15 is 0 Å². The van der Waals surface area contributed by atoms with Crippen LogP contribution in [0.2, 0.25) is 0 Å². The van der Waals surface area contributed by atoms with E-state index in [2.05, 4.69) is 98.0 Å². The number of benzene rings is 1. The lowest BCUT2D eigenvalue weighted by Crippen LogP contribution is -2.58. The second kappa shape index (κ2) is 7.14. The van der Waals surface area contributed by atoms with Gasteiger partial charge < -0.3 is 10.6 Å². The molecule has 33 heavy (non-hydrogen) atoms. The lowest BCUT2D eigenvalue weighted by Gasteiger charge is -2.48. The highest BCUT2D eigenvalue weighted by atomic mass is 16.2. The van der Waals surface area contributed by atoms with E-state index in [-0.39, 0.29) is 23.2 Å². The Bertz CT molecular complexity index is 1230. The number of hydrogen-bond acceptors (Lipinski definition) is 5. The van der Waals surface area contributed by atoms with Crippen LogP contribution in [0.3, 0.4) is 0 Å². The molecule has 172 valence electrons. The molecule has 2 N–H and O–H groups in total. The fourth-order valence-electron chi connectivity index (χ4n) is 5.41. The molecule has 5 rings (SSSR count). The summed E-state index contributed by atoms with van der Waals surface area (Å²) in [5.41, 5.74) is 5.01. The van der Waals surface area contributed by atoms with Crippen molar-refractivity contribution in [2.45, 2.75) is 77.0 Å². The van der Waals surface area contributed by atoms with E-state index in [0.717, 1.165) is 46.4 Å². The van der Waals surface area contributed by atoms with Gasteiger partial charge in [-0.15, -0.1) is 0 Å². The molecule has 3 aliphatic rings. The Balaban J connectivity index is 1.68. The van der Waals surface area contributed by atoms with Gasteiger partial charge in [0.25, 0.3) is 5.91 Å². The Kier molecular flexibility index (Phi) is 4.68. The molecule has 0 bridgehead atoms. The number of fused-ring (bicyclic) bond motifs is 1. The van der Waals surface area contributed by atoms with E-state index < -0.39 is 5.41 Å². The summed E-state index contributed by atoms with van der Waals surface area (Å²) in [5.74, 6) is -0.0206. The summed E-state index contributed by atoms with van der Waals surface area (Å²) in [4.78, 5) is 13.5. The second-order valence-corrected chi connectivity index (χ2v) is 10.9. The van der Waals surface area contributed by atoms with Crippen molar-refractivity contribution in [2.75, 3.05) is 0 Å². The molecule has 1 unspecified atom stereocenters. The first-order chi connectivity index (χ1) is 15.5. The van der Waals surface area contributed by atoms with Gasteiger partial charge in [-0.25, -0.2) is 0 Å². The molecule has 1 aromatic heterocycles. The monoisotopic (exact) mass is 444 g/mol. The molecule has 1 aromatic carbocycles. The van der Waals surface area contributed by atoms with Gasteiger partial charge in [-0.3, -0.25) is 9.48 Å². The van der Waals surface area contributed by atoms with Crippen LogP contribution < -0.4 is 10.6 Å². The van der Waals surface area contributed by atoms with Gasteiger partial charge in [0.1, 0.15) is 0 Å². The van der Waals surface area contributed by atoms with E-state index in [9.17, 15) is 4.79 Å². The molecule has 0 radical (unpaired) electrons. The molecule has 0 aliphatic carbocycles. The van der Waals surface area contributed by atoms with Crippen molar-refractivity contribution in [3.63, 3.8) is 0 Å². The third-order valence-electron chi connectivity index (χ3n) is 6.99. The zero-order valence-electron chi connectivity index (χ0n) is 20.2. The van der Waals surface area contributed by atoms with Gasteiger partial charge in [0.2, 0.25) is 0 Å². The number of nitrogens with zero attached hydrogens (tertiary/aromatic N) is 4. The summed E-state index contributed by atoms with van der Waals surface area (Å²) in [6, 6.07) is 8.50. The van der Waals surface area contributed by atoms with E-state index in [1.807, 2.05) is 17.1 Å². The molecule has 1 amide bonds. The topological polar surface area (TPSA) is 83.7 Å². The SMILES string of the molecule is CC[C@@]1(c2cccc(-c3cnn(C(C)(C)C)c3)c2)C2=CN=NC2NC2=C1C(=O)NC(C)(C)C2. The van der Waals surface area contributed by atoms with Crippen LogP contribution in [0.5, 0.6) is 0 Å². The van der Waals surface area contributed by atoms with E-state index in [1.165, 1.54) is 0 Å². The van der Waals surface area contributed by atoms with Crippen LogP contribution >= 0.6 is 0 Å². The normalized spacial score (nSPS) is 25.8. The highest BCUT2D eigenvalue weighted by Gasteiger charge is 2.53. The van der Waals surface area contributed by atoms with Crippen LogP contribution in [0.1, 0.15) is 59.9 Å². The number of azo groups is 1. The largest absolute Gasteiger partial charge is 0.362 e. The predicted molar refractivity (Wildman–Crippen MR) is 128 cm³/mol. The Morgan fingerprint density at radius 3 is 2.70 bits per heavy atom. The van der Waals surface area contributed by atoms with E-state index in [1.54, 1.807) is 0 Å². The van der Waals surface area contributed by atoms with E-state index in [0.29, 0.717) is 0 Å². The van der Waals surface area contributed by atoms with Gasteiger partial charge in [0, 0.05) is 35.0 Å². The van der Waals surface area contributed by atoms with Crippen molar-refractivity contribution < 1.29 is 4.79 Å². The van der Waals surface area contributed by atoms with Crippen LogP contribution in [0, 0.1) is 0 Å². The van der Waals surface area contributed by atoms with Crippen LogP contribution in [0.25, 0.3) is 11.1 Å². The van der Waals surface area contributed by atoms with Gasteiger partial charge in [-0.05, 0) is 58.2 Å². The maximum atomic E-state index is 13.5. The second-order valence-electron chi connectivity index (χ2n) is 10.9. The number of rotatable bonds is 3. The number of amides is 1. The zero-order chi connectivity index (χ0) is 23.6. The maximum absolute atomic E-state index is 13.5. The third-order valence-corrected chi connectivity index (χ3v) is 6.99. The average Bonchev–Trinajstić information content (AvgIpc) is 3.41. The summed E-state index contributed by atoms with van der Waals surface area (Å²) < 4.78 is 1.99. The summed E-state index contributed by atoms with van der Waals surface area (Å²) in [6.45, 7) is 12.7. The first kappa shape index (κ1) is 21.6. The number of nitrogens with one attached hydrogen (secondary N) is 2. The molecule has 2 atom stereocenters. The minimum absolute atomic E-state index is 0.0206. The smallest absolute Gasteiger partial charge is 0.250 e. The molecular weight excluding hydrogens is 412 g/mol. The zero-order valence-corrected chi connectivity index (χ0v) is 20.2. The van der Waals surface area contributed by atoms with E-state index in [4.69, 9.17) is 0 Å². The first-order valence-corrected chi connectivity index (χ1v) is 11.6. The molecule has 7 nitrogen and oxygen atoms in total. The van der Waals surface area contributed by atoms with Gasteiger partial charge >= 0.3 is 0 Å². The molecule has 2 aromatic rings. The lowest BCUT2D eigenvalue weighted by atomic mass is 9.62. The Labute approximate surface area is 195 Å². The molecule has 3 aliphatic heterocycles. The van der Waals surface area contributed by atoms with Crippen LogP contribution in [-0.4, -0.2) is 27.4 Å². The molecule has 0 saturated heterocycles. The van der Waals surface area contributed by atoms with Gasteiger partial charge in [0.15, 0.2) is 6.17 Å². The average molecular weight is 445 g/mol. The quantitative estimate of drug-likeness (QED) is 0.714. The van der Waals surface area contributed by atoms with Crippen molar-refractivity contribution in [1.82, 2.24) is 20.4 Å². The number of carbonyl (C=O) groups excluding carboxylic acids is 1. The third kappa shape index (κ3) is 3.33. The summed E-state index contributed by atoms with van der Waals surface area (Å²) in [6.07, 6.45) is 7.06. The van der Waals surface area contributed by atoms with Gasteiger partial charge in [-0.1, -0.05) is 25.1 Å². The Morgan fingerprint density at radius 1 is 1.21 bits per heavy atom.